The van der Waals surface area contributed by atoms with Crippen molar-refractivity contribution >= 4 is 40.7 Å². The molecule has 13 heteroatoms. The minimum absolute atomic E-state index is 0.0261. The summed E-state index contributed by atoms with van der Waals surface area (Å²) in [7, 11) is 0. The average molecular weight is 487 g/mol. The highest BCUT2D eigenvalue weighted by Crippen LogP contribution is 2.31. The van der Waals surface area contributed by atoms with Gasteiger partial charge in [-0.1, -0.05) is 23.2 Å². The van der Waals surface area contributed by atoms with Crippen molar-refractivity contribution in [2.45, 2.75) is 19.6 Å². The van der Waals surface area contributed by atoms with Gasteiger partial charge in [0, 0.05) is 17.3 Å². The monoisotopic (exact) mass is 486 g/mol. The van der Waals surface area contributed by atoms with Gasteiger partial charge in [0.25, 0.3) is 11.8 Å². The number of nitrogens with two attached hydrogens (primary N) is 1. The Bertz CT molecular complexity index is 1200. The van der Waals surface area contributed by atoms with E-state index in [-0.39, 0.29) is 27.0 Å². The van der Waals surface area contributed by atoms with Crippen molar-refractivity contribution < 1.29 is 22.8 Å². The molecule has 0 radical (unpaired) electrons. The van der Waals surface area contributed by atoms with Crippen molar-refractivity contribution in [3.05, 3.63) is 74.8 Å². The van der Waals surface area contributed by atoms with Gasteiger partial charge in [0.05, 0.1) is 28.5 Å². The van der Waals surface area contributed by atoms with Crippen molar-refractivity contribution in [3.63, 3.8) is 0 Å². The van der Waals surface area contributed by atoms with Gasteiger partial charge >= 0.3 is 6.18 Å². The van der Waals surface area contributed by atoms with Gasteiger partial charge in [-0.25, -0.2) is 5.84 Å². The normalized spacial score (nSPS) is 11.3. The summed E-state index contributed by atoms with van der Waals surface area (Å²) >= 11 is 11.9. The molecule has 0 aliphatic rings. The lowest BCUT2D eigenvalue weighted by Gasteiger charge is -2.13. The summed E-state index contributed by atoms with van der Waals surface area (Å²) in [4.78, 5) is 28.7. The lowest BCUT2D eigenvalue weighted by Crippen LogP contribution is -2.31. The van der Waals surface area contributed by atoms with Crippen molar-refractivity contribution in [1.29, 1.82) is 0 Å². The van der Waals surface area contributed by atoms with Gasteiger partial charge in [0.2, 0.25) is 0 Å². The number of alkyl halides is 3. The van der Waals surface area contributed by atoms with Gasteiger partial charge in [-0.15, -0.1) is 0 Å². The molecule has 1 aromatic carbocycles. The second kappa shape index (κ2) is 9.15. The van der Waals surface area contributed by atoms with Gasteiger partial charge in [-0.05, 0) is 36.8 Å². The van der Waals surface area contributed by atoms with Crippen molar-refractivity contribution in [2.24, 2.45) is 5.84 Å². The van der Waals surface area contributed by atoms with Crippen LogP contribution in [0, 0.1) is 6.92 Å². The molecule has 0 fully saturated rings. The number of carbonyl (C=O) groups excluding carboxylic acids is 2. The second-order valence-electron chi connectivity index (χ2n) is 6.57. The fourth-order valence-electron chi connectivity index (χ4n) is 2.90. The first-order valence-corrected chi connectivity index (χ1v) is 9.63. The molecule has 0 atom stereocenters. The van der Waals surface area contributed by atoms with Crippen LogP contribution in [0.4, 0.5) is 18.9 Å². The number of aryl methyl sites for hydroxylation is 1. The number of benzene rings is 1. The third-order valence-electron chi connectivity index (χ3n) is 4.35. The number of amides is 2. The lowest BCUT2D eigenvalue weighted by molar-refractivity contribution is -0.144. The van der Waals surface area contributed by atoms with E-state index in [1.165, 1.54) is 30.5 Å². The van der Waals surface area contributed by atoms with Crippen molar-refractivity contribution in [3.8, 4) is 0 Å². The van der Waals surface area contributed by atoms with Crippen molar-refractivity contribution in [1.82, 2.24) is 20.2 Å². The minimum atomic E-state index is -4.80. The number of hydrazine groups is 1. The topological polar surface area (TPSA) is 115 Å². The van der Waals surface area contributed by atoms with Crippen LogP contribution in [0.1, 0.15) is 37.8 Å². The molecule has 2 heterocycles. The van der Waals surface area contributed by atoms with E-state index in [1.54, 1.807) is 6.92 Å². The van der Waals surface area contributed by atoms with E-state index >= 15 is 0 Å². The molecule has 0 unspecified atom stereocenters. The van der Waals surface area contributed by atoms with Crippen LogP contribution < -0.4 is 16.6 Å². The Morgan fingerprint density at radius 2 is 1.91 bits per heavy atom. The minimum Gasteiger partial charge on any atom is -0.320 e. The highest BCUT2D eigenvalue weighted by atomic mass is 35.5. The zero-order chi connectivity index (χ0) is 23.6. The van der Waals surface area contributed by atoms with E-state index < -0.39 is 35.9 Å². The number of anilines is 1. The quantitative estimate of drug-likeness (QED) is 0.288. The standard InChI is InChI=1S/C19H15Cl2F3N6O2/c1-9-5-10(20)6-11(17(31)28-25)16(9)27-18(32)13-7-15(19(22,23)24)30(29-13)8-14-12(21)3-2-4-26-14/h2-7H,8,25H2,1H3,(H,27,32)(H,28,31). The van der Waals surface area contributed by atoms with Crippen LogP contribution in [0.5, 0.6) is 0 Å². The number of hydrogen-bond acceptors (Lipinski definition) is 5. The third kappa shape index (κ3) is 5.01. The second-order valence-corrected chi connectivity index (χ2v) is 7.42. The van der Waals surface area contributed by atoms with Gasteiger partial charge < -0.3 is 5.32 Å². The van der Waals surface area contributed by atoms with E-state index in [2.05, 4.69) is 15.4 Å². The highest BCUT2D eigenvalue weighted by molar-refractivity contribution is 6.31. The van der Waals surface area contributed by atoms with Crippen LogP contribution in [0.2, 0.25) is 10.0 Å². The smallest absolute Gasteiger partial charge is 0.320 e. The Hall–Kier alpha value is -3.15. The maximum atomic E-state index is 13.6. The Balaban J connectivity index is 1.99. The molecule has 0 aliphatic heterocycles. The number of halogens is 5. The average Bonchev–Trinajstić information content (AvgIpc) is 3.15. The number of hydrogen-bond donors (Lipinski definition) is 3. The zero-order valence-corrected chi connectivity index (χ0v) is 17.8. The molecular weight excluding hydrogens is 472 g/mol. The van der Waals surface area contributed by atoms with Crippen LogP contribution >= 0.6 is 23.2 Å². The van der Waals surface area contributed by atoms with Gasteiger partial charge in [0.15, 0.2) is 5.69 Å². The summed E-state index contributed by atoms with van der Waals surface area (Å²) < 4.78 is 41.2. The molecule has 0 bridgehead atoms. The SMILES string of the molecule is Cc1cc(Cl)cc(C(=O)NN)c1NC(=O)c1cc(C(F)(F)F)n(Cc2ncccc2Cl)n1. The highest BCUT2D eigenvalue weighted by Gasteiger charge is 2.37. The number of aromatic nitrogens is 3. The summed E-state index contributed by atoms with van der Waals surface area (Å²) in [5, 5.41) is 6.54. The summed E-state index contributed by atoms with van der Waals surface area (Å²) in [6, 6.07) is 6.33. The molecule has 168 valence electrons. The third-order valence-corrected chi connectivity index (χ3v) is 4.91. The first-order chi connectivity index (χ1) is 15.0. The lowest BCUT2D eigenvalue weighted by atomic mass is 10.1. The van der Waals surface area contributed by atoms with E-state index in [0.29, 0.717) is 16.3 Å². The van der Waals surface area contributed by atoms with Crippen LogP contribution in [-0.2, 0) is 12.7 Å². The summed E-state index contributed by atoms with van der Waals surface area (Å²) in [5.41, 5.74) is 0.710. The zero-order valence-electron chi connectivity index (χ0n) is 16.3. The Morgan fingerprint density at radius 1 is 1.19 bits per heavy atom. The summed E-state index contributed by atoms with van der Waals surface area (Å²) in [6.07, 6.45) is -3.42. The number of pyridine rings is 1. The van der Waals surface area contributed by atoms with Crippen molar-refractivity contribution in [2.75, 3.05) is 5.32 Å². The molecule has 0 spiro atoms. The van der Waals surface area contributed by atoms with Crippen LogP contribution in [-0.4, -0.2) is 26.6 Å². The molecule has 8 nitrogen and oxygen atoms in total. The number of nitrogens with zero attached hydrogens (tertiary/aromatic N) is 3. The van der Waals surface area contributed by atoms with E-state index in [1.807, 2.05) is 5.43 Å². The van der Waals surface area contributed by atoms with E-state index in [0.717, 1.165) is 0 Å². The molecule has 0 saturated heterocycles. The molecule has 0 aliphatic carbocycles. The molecular formula is C19H15Cl2F3N6O2. The largest absolute Gasteiger partial charge is 0.433 e. The molecule has 32 heavy (non-hydrogen) atoms. The van der Waals surface area contributed by atoms with Gasteiger partial charge in [-0.3, -0.25) is 24.7 Å². The van der Waals surface area contributed by atoms with Gasteiger partial charge in [0.1, 0.15) is 5.69 Å². The molecule has 3 rings (SSSR count). The predicted octanol–water partition coefficient (Wildman–Crippen LogP) is 3.82. The Labute approximate surface area is 189 Å². The van der Waals surface area contributed by atoms with Crippen LogP contribution in [0.3, 0.4) is 0 Å². The first kappa shape index (κ1) is 23.5. The molecule has 2 amide bonds. The number of nitrogens with one attached hydrogen (secondary N) is 2. The molecule has 2 aromatic heterocycles. The Kier molecular flexibility index (Phi) is 6.72. The first-order valence-electron chi connectivity index (χ1n) is 8.88. The molecule has 4 N–H and O–H groups in total. The number of carbonyl (C=O) groups is 2. The maximum Gasteiger partial charge on any atom is 0.433 e. The predicted molar refractivity (Wildman–Crippen MR) is 111 cm³/mol. The summed E-state index contributed by atoms with van der Waals surface area (Å²) in [5.74, 6) is 3.43. The molecule has 3 aromatic rings. The van der Waals surface area contributed by atoms with E-state index in [4.69, 9.17) is 29.0 Å². The van der Waals surface area contributed by atoms with Gasteiger partial charge in [-0.2, -0.15) is 18.3 Å². The van der Waals surface area contributed by atoms with Crippen LogP contribution in [0.25, 0.3) is 0 Å². The molecule has 0 saturated carbocycles. The van der Waals surface area contributed by atoms with Crippen LogP contribution in [0.15, 0.2) is 36.5 Å². The van der Waals surface area contributed by atoms with E-state index in [9.17, 15) is 22.8 Å². The summed E-state index contributed by atoms with van der Waals surface area (Å²) in [6.45, 7) is 1.14. The number of nitrogen functional groups attached to an aromatic ring is 1. The fourth-order valence-corrected chi connectivity index (χ4v) is 3.35. The fraction of sp³-hybridized carbons (Fsp3) is 0.158. The maximum absolute atomic E-state index is 13.6. The number of rotatable bonds is 5. The Morgan fingerprint density at radius 3 is 2.53 bits per heavy atom.